The first-order valence-corrected chi connectivity index (χ1v) is 9.35. The van der Waals surface area contributed by atoms with Gasteiger partial charge in [0, 0.05) is 33.1 Å². The molecule has 0 unspecified atom stereocenters. The largest absolute Gasteiger partial charge is 0.356 e. The number of hydrogen-bond donors (Lipinski definition) is 2. The lowest BCUT2D eigenvalue weighted by atomic mass is 9.81. The highest BCUT2D eigenvalue weighted by Crippen LogP contribution is 2.30. The molecular formula is C18H33N3O2. The van der Waals surface area contributed by atoms with Crippen molar-refractivity contribution in [2.24, 2.45) is 17.8 Å². The van der Waals surface area contributed by atoms with E-state index in [-0.39, 0.29) is 11.9 Å². The molecule has 3 amide bonds. The van der Waals surface area contributed by atoms with Gasteiger partial charge in [-0.15, -0.1) is 0 Å². The van der Waals surface area contributed by atoms with E-state index in [1.165, 1.54) is 32.1 Å². The fraction of sp³-hybridized carbons (Fsp3) is 0.889. The van der Waals surface area contributed by atoms with Crippen LogP contribution in [-0.4, -0.2) is 43.0 Å². The van der Waals surface area contributed by atoms with Crippen LogP contribution in [0.4, 0.5) is 4.79 Å². The molecule has 2 rings (SSSR count). The maximum Gasteiger partial charge on any atom is 0.317 e. The molecule has 0 aromatic carbocycles. The topological polar surface area (TPSA) is 61.4 Å². The lowest BCUT2D eigenvalue weighted by Gasteiger charge is -2.33. The predicted octanol–water partition coefficient (Wildman–Crippen LogP) is 2.76. The predicted molar refractivity (Wildman–Crippen MR) is 92.1 cm³/mol. The Morgan fingerprint density at radius 3 is 1.96 bits per heavy atom. The van der Waals surface area contributed by atoms with E-state index in [2.05, 4.69) is 17.6 Å². The molecule has 0 aromatic heterocycles. The fourth-order valence-electron chi connectivity index (χ4n) is 3.82. The van der Waals surface area contributed by atoms with E-state index >= 15 is 0 Å². The summed E-state index contributed by atoms with van der Waals surface area (Å²) in [4.78, 5) is 25.2. The third kappa shape index (κ3) is 6.04. The van der Waals surface area contributed by atoms with Crippen LogP contribution in [0.3, 0.4) is 0 Å². The number of nitrogens with one attached hydrogen (secondary N) is 2. The summed E-state index contributed by atoms with van der Waals surface area (Å²) >= 11 is 0. The van der Waals surface area contributed by atoms with Crippen LogP contribution in [0.1, 0.15) is 58.8 Å². The van der Waals surface area contributed by atoms with E-state index in [0.717, 1.165) is 44.9 Å². The molecular weight excluding hydrogens is 290 g/mol. The Kier molecular flexibility index (Phi) is 7.18. The van der Waals surface area contributed by atoms with Crippen molar-refractivity contribution >= 4 is 11.9 Å². The van der Waals surface area contributed by atoms with Gasteiger partial charge in [-0.25, -0.2) is 4.79 Å². The highest BCUT2D eigenvalue weighted by Gasteiger charge is 2.24. The summed E-state index contributed by atoms with van der Waals surface area (Å²) in [5, 5.41) is 6.02. The van der Waals surface area contributed by atoms with Crippen LogP contribution in [0.2, 0.25) is 0 Å². The van der Waals surface area contributed by atoms with Gasteiger partial charge in [0.15, 0.2) is 0 Å². The molecule has 2 N–H and O–H groups in total. The van der Waals surface area contributed by atoms with Crippen molar-refractivity contribution in [2.45, 2.75) is 58.8 Å². The maximum absolute atomic E-state index is 12.3. The highest BCUT2D eigenvalue weighted by atomic mass is 16.2. The average Bonchev–Trinajstić information content (AvgIpc) is 2.58. The van der Waals surface area contributed by atoms with Crippen molar-refractivity contribution in [1.29, 1.82) is 0 Å². The van der Waals surface area contributed by atoms with E-state index < -0.39 is 0 Å². The minimum Gasteiger partial charge on any atom is -0.356 e. The Labute approximate surface area is 140 Å². The maximum atomic E-state index is 12.3. The first-order valence-electron chi connectivity index (χ1n) is 9.35. The van der Waals surface area contributed by atoms with E-state index in [4.69, 9.17) is 0 Å². The zero-order valence-corrected chi connectivity index (χ0v) is 14.8. The quantitative estimate of drug-likeness (QED) is 0.817. The number of hydrogen-bond acceptors (Lipinski definition) is 2. The molecule has 0 aromatic rings. The summed E-state index contributed by atoms with van der Waals surface area (Å²) in [7, 11) is 0. The van der Waals surface area contributed by atoms with Gasteiger partial charge in [0.05, 0.1) is 0 Å². The molecule has 0 bridgehead atoms. The minimum atomic E-state index is 0.0305. The van der Waals surface area contributed by atoms with Gasteiger partial charge in [-0.1, -0.05) is 26.2 Å². The Hall–Kier alpha value is -1.26. The highest BCUT2D eigenvalue weighted by molar-refractivity contribution is 5.74. The second-order valence-electron chi connectivity index (χ2n) is 7.35. The number of rotatable bonds is 5. The first kappa shape index (κ1) is 18.1. The van der Waals surface area contributed by atoms with Gasteiger partial charge in [-0.05, 0) is 43.4 Å². The van der Waals surface area contributed by atoms with E-state index in [1.54, 1.807) is 6.92 Å². The van der Waals surface area contributed by atoms with Crippen molar-refractivity contribution < 1.29 is 9.59 Å². The Bertz CT molecular complexity index is 384. The van der Waals surface area contributed by atoms with Crippen molar-refractivity contribution in [3.8, 4) is 0 Å². The van der Waals surface area contributed by atoms with E-state index in [9.17, 15) is 9.59 Å². The Morgan fingerprint density at radius 2 is 1.39 bits per heavy atom. The second-order valence-corrected chi connectivity index (χ2v) is 7.35. The molecule has 1 heterocycles. The molecule has 0 radical (unpaired) electrons. The monoisotopic (exact) mass is 323 g/mol. The molecule has 5 heteroatoms. The number of piperidine rings is 1. The first-order chi connectivity index (χ1) is 11.1. The summed E-state index contributed by atoms with van der Waals surface area (Å²) in [5.41, 5.74) is 0. The Balaban J connectivity index is 1.61. The standard InChI is InChI=1S/C18H33N3O2/c1-3-15-4-6-16(7-5-15)13-20-18(23)21-10-8-17(9-11-21)12-19-14(2)22/h15-17H,3-13H2,1-2H3,(H,19,22)(H,20,23). The molecule has 0 spiro atoms. The molecule has 23 heavy (non-hydrogen) atoms. The second kappa shape index (κ2) is 9.14. The van der Waals surface area contributed by atoms with Gasteiger partial charge in [0.25, 0.3) is 0 Å². The van der Waals surface area contributed by atoms with Crippen LogP contribution in [-0.2, 0) is 4.79 Å². The SMILES string of the molecule is CCC1CCC(CNC(=O)N2CCC(CNC(C)=O)CC2)CC1. The fourth-order valence-corrected chi connectivity index (χ4v) is 3.82. The van der Waals surface area contributed by atoms with Gasteiger partial charge in [-0.3, -0.25) is 4.79 Å². The van der Waals surface area contributed by atoms with Crippen molar-refractivity contribution in [3.63, 3.8) is 0 Å². The third-order valence-corrected chi connectivity index (χ3v) is 5.63. The smallest absolute Gasteiger partial charge is 0.317 e. The van der Waals surface area contributed by atoms with Gasteiger partial charge in [-0.2, -0.15) is 0 Å². The van der Waals surface area contributed by atoms with Crippen LogP contribution in [0.15, 0.2) is 0 Å². The van der Waals surface area contributed by atoms with E-state index in [0.29, 0.717) is 11.8 Å². The summed E-state index contributed by atoms with van der Waals surface area (Å²) in [6.07, 6.45) is 8.43. The number of nitrogens with zero attached hydrogens (tertiary/aromatic N) is 1. The summed E-state index contributed by atoms with van der Waals surface area (Å²) < 4.78 is 0. The zero-order valence-electron chi connectivity index (χ0n) is 14.8. The van der Waals surface area contributed by atoms with Gasteiger partial charge >= 0.3 is 6.03 Å². The van der Waals surface area contributed by atoms with E-state index in [1.807, 2.05) is 4.90 Å². The molecule has 1 aliphatic carbocycles. The van der Waals surface area contributed by atoms with Gasteiger partial charge < -0.3 is 15.5 Å². The van der Waals surface area contributed by atoms with Crippen molar-refractivity contribution in [2.75, 3.05) is 26.2 Å². The lowest BCUT2D eigenvalue weighted by molar-refractivity contribution is -0.119. The van der Waals surface area contributed by atoms with Crippen LogP contribution >= 0.6 is 0 Å². The van der Waals surface area contributed by atoms with Crippen molar-refractivity contribution in [3.05, 3.63) is 0 Å². The number of amides is 3. The zero-order chi connectivity index (χ0) is 16.7. The molecule has 0 atom stereocenters. The van der Waals surface area contributed by atoms with Crippen LogP contribution in [0.25, 0.3) is 0 Å². The molecule has 2 fully saturated rings. The minimum absolute atomic E-state index is 0.0305. The number of urea groups is 1. The molecule has 132 valence electrons. The normalized spacial score (nSPS) is 25.9. The van der Waals surface area contributed by atoms with Crippen LogP contribution in [0, 0.1) is 17.8 Å². The third-order valence-electron chi connectivity index (χ3n) is 5.63. The summed E-state index contributed by atoms with van der Waals surface area (Å²) in [5.74, 6) is 2.11. The van der Waals surface area contributed by atoms with Crippen molar-refractivity contribution in [1.82, 2.24) is 15.5 Å². The van der Waals surface area contributed by atoms with Crippen LogP contribution < -0.4 is 10.6 Å². The number of carbonyl (C=O) groups is 2. The van der Waals surface area contributed by atoms with Crippen LogP contribution in [0.5, 0.6) is 0 Å². The van der Waals surface area contributed by atoms with Gasteiger partial charge in [0.1, 0.15) is 0 Å². The summed E-state index contributed by atoms with van der Waals surface area (Å²) in [6, 6.07) is 0.0978. The molecule has 5 nitrogen and oxygen atoms in total. The van der Waals surface area contributed by atoms with Gasteiger partial charge in [0.2, 0.25) is 5.91 Å². The number of carbonyl (C=O) groups excluding carboxylic acids is 2. The molecule has 1 saturated carbocycles. The Morgan fingerprint density at radius 1 is 0.870 bits per heavy atom. The lowest BCUT2D eigenvalue weighted by Crippen LogP contribution is -2.47. The summed E-state index contributed by atoms with van der Waals surface area (Å²) in [6.45, 7) is 7.02. The molecule has 2 aliphatic rings. The molecule has 1 saturated heterocycles. The number of likely N-dealkylation sites (tertiary alicyclic amines) is 1. The average molecular weight is 323 g/mol. The molecule has 1 aliphatic heterocycles.